The molecular formula is C13H22NO3+. The molecule has 0 unspecified atom stereocenters. The Morgan fingerprint density at radius 2 is 1.88 bits per heavy atom. The van der Waals surface area contributed by atoms with Crippen LogP contribution >= 0.6 is 0 Å². The van der Waals surface area contributed by atoms with Crippen molar-refractivity contribution in [3.8, 4) is 0 Å². The summed E-state index contributed by atoms with van der Waals surface area (Å²) in [6, 6.07) is 0. The highest BCUT2D eigenvalue weighted by Gasteiger charge is 2.22. The van der Waals surface area contributed by atoms with Crippen molar-refractivity contribution in [1.29, 1.82) is 0 Å². The Morgan fingerprint density at radius 3 is 2.53 bits per heavy atom. The van der Waals surface area contributed by atoms with Crippen molar-refractivity contribution in [1.82, 2.24) is 0 Å². The SMILES string of the molecule is CCCCCCCCC[n+]1ccoc1C(=O)O. The molecule has 0 aliphatic carbocycles. The van der Waals surface area contributed by atoms with Crippen molar-refractivity contribution >= 4 is 5.97 Å². The van der Waals surface area contributed by atoms with Crippen LogP contribution in [0.2, 0.25) is 0 Å². The molecule has 1 rings (SSSR count). The molecule has 0 spiro atoms. The number of carboxylic acid groups (broad SMARTS) is 1. The summed E-state index contributed by atoms with van der Waals surface area (Å²) >= 11 is 0. The van der Waals surface area contributed by atoms with Gasteiger partial charge in [-0.15, -0.1) is 0 Å². The fourth-order valence-corrected chi connectivity index (χ4v) is 1.89. The van der Waals surface area contributed by atoms with Gasteiger partial charge in [-0.05, 0) is 6.42 Å². The fourth-order valence-electron chi connectivity index (χ4n) is 1.89. The normalized spacial score (nSPS) is 10.6. The minimum absolute atomic E-state index is 0.0241. The summed E-state index contributed by atoms with van der Waals surface area (Å²) in [5, 5.41) is 8.84. The van der Waals surface area contributed by atoms with Gasteiger partial charge in [0.1, 0.15) is 0 Å². The second-order valence-corrected chi connectivity index (χ2v) is 4.33. The number of aromatic carboxylic acids is 1. The van der Waals surface area contributed by atoms with Crippen molar-refractivity contribution in [2.24, 2.45) is 0 Å². The Labute approximate surface area is 102 Å². The van der Waals surface area contributed by atoms with Gasteiger partial charge in [0.2, 0.25) is 6.20 Å². The molecule has 1 aromatic rings. The number of aryl methyl sites for hydroxylation is 1. The first-order valence-electron chi connectivity index (χ1n) is 6.46. The molecule has 96 valence electrons. The van der Waals surface area contributed by atoms with Gasteiger partial charge in [-0.1, -0.05) is 39.0 Å². The lowest BCUT2D eigenvalue weighted by Crippen LogP contribution is -2.37. The van der Waals surface area contributed by atoms with Crippen molar-refractivity contribution in [2.75, 3.05) is 0 Å². The van der Waals surface area contributed by atoms with Crippen LogP contribution in [-0.4, -0.2) is 11.1 Å². The summed E-state index contributed by atoms with van der Waals surface area (Å²) in [6.07, 6.45) is 11.7. The van der Waals surface area contributed by atoms with Crippen LogP contribution in [0.3, 0.4) is 0 Å². The van der Waals surface area contributed by atoms with Crippen LogP contribution in [0.5, 0.6) is 0 Å². The third-order valence-corrected chi connectivity index (χ3v) is 2.87. The van der Waals surface area contributed by atoms with Gasteiger partial charge in [0, 0.05) is 6.42 Å². The Bertz CT molecular complexity index is 333. The standard InChI is InChI=1S/C13H21NO3/c1-2-3-4-5-6-7-8-9-14-10-11-17-12(14)13(15)16/h10-11H,2-9H2,1H3/p+1. The molecule has 1 aromatic heterocycles. The fraction of sp³-hybridized carbons (Fsp3) is 0.692. The lowest BCUT2D eigenvalue weighted by atomic mass is 10.1. The van der Waals surface area contributed by atoms with Crippen LogP contribution in [0, 0.1) is 0 Å². The summed E-state index contributed by atoms with van der Waals surface area (Å²) in [5.74, 6) is -0.978. The lowest BCUT2D eigenvalue weighted by molar-refractivity contribution is -0.702. The maximum Gasteiger partial charge on any atom is 0.461 e. The van der Waals surface area contributed by atoms with Gasteiger partial charge in [-0.3, -0.25) is 0 Å². The number of unbranched alkanes of at least 4 members (excludes halogenated alkanes) is 6. The van der Waals surface area contributed by atoms with E-state index in [4.69, 9.17) is 9.52 Å². The topological polar surface area (TPSA) is 54.3 Å². The van der Waals surface area contributed by atoms with Crippen molar-refractivity contribution < 1.29 is 18.9 Å². The number of rotatable bonds is 9. The molecule has 1 N–H and O–H groups in total. The van der Waals surface area contributed by atoms with Gasteiger partial charge in [-0.2, -0.15) is 4.57 Å². The Hall–Kier alpha value is -1.32. The minimum Gasteiger partial charge on any atom is -0.471 e. The maximum atomic E-state index is 10.8. The van der Waals surface area contributed by atoms with Gasteiger partial charge in [0.05, 0.1) is 0 Å². The molecule has 0 bridgehead atoms. The number of aromatic nitrogens is 1. The van der Waals surface area contributed by atoms with Gasteiger partial charge in [0.25, 0.3) is 0 Å². The summed E-state index contributed by atoms with van der Waals surface area (Å²) in [4.78, 5) is 10.8. The molecule has 0 saturated carbocycles. The monoisotopic (exact) mass is 240 g/mol. The van der Waals surface area contributed by atoms with E-state index in [2.05, 4.69) is 6.92 Å². The second kappa shape index (κ2) is 7.87. The first-order valence-corrected chi connectivity index (χ1v) is 6.46. The second-order valence-electron chi connectivity index (χ2n) is 4.33. The molecule has 17 heavy (non-hydrogen) atoms. The van der Waals surface area contributed by atoms with Crippen LogP contribution in [0.15, 0.2) is 16.9 Å². The summed E-state index contributed by atoms with van der Waals surface area (Å²) in [5.41, 5.74) is 0. The quantitative estimate of drug-likeness (QED) is 0.533. The van der Waals surface area contributed by atoms with Gasteiger partial charge < -0.3 is 9.52 Å². The van der Waals surface area contributed by atoms with E-state index in [1.807, 2.05) is 0 Å². The highest BCUT2D eigenvalue weighted by atomic mass is 16.4. The van der Waals surface area contributed by atoms with E-state index in [-0.39, 0.29) is 5.89 Å². The molecule has 1 heterocycles. The number of oxazole rings is 1. The third kappa shape index (κ3) is 5.02. The Kier molecular flexibility index (Phi) is 6.37. The molecule has 0 aliphatic rings. The molecule has 4 nitrogen and oxygen atoms in total. The summed E-state index contributed by atoms with van der Waals surface area (Å²) in [6.45, 7) is 2.94. The molecular weight excluding hydrogens is 218 g/mol. The van der Waals surface area contributed by atoms with Crippen LogP contribution in [0.25, 0.3) is 0 Å². The van der Waals surface area contributed by atoms with Gasteiger partial charge >= 0.3 is 11.9 Å². The van der Waals surface area contributed by atoms with E-state index in [0.717, 1.165) is 19.4 Å². The van der Waals surface area contributed by atoms with E-state index in [1.165, 1.54) is 38.4 Å². The Morgan fingerprint density at radius 1 is 1.24 bits per heavy atom. The summed E-state index contributed by atoms with van der Waals surface area (Å²) < 4.78 is 6.56. The van der Waals surface area contributed by atoms with Crippen molar-refractivity contribution in [3.63, 3.8) is 0 Å². The van der Waals surface area contributed by atoms with E-state index in [0.29, 0.717) is 0 Å². The maximum absolute atomic E-state index is 10.8. The molecule has 0 saturated heterocycles. The zero-order valence-electron chi connectivity index (χ0n) is 10.5. The molecule has 0 fully saturated rings. The molecule has 0 aliphatic heterocycles. The van der Waals surface area contributed by atoms with E-state index >= 15 is 0 Å². The molecule has 0 radical (unpaired) electrons. The first-order chi connectivity index (χ1) is 8.25. The van der Waals surface area contributed by atoms with Crippen LogP contribution < -0.4 is 4.57 Å². The number of nitrogens with zero attached hydrogens (tertiary/aromatic N) is 1. The molecule has 0 amide bonds. The van der Waals surface area contributed by atoms with Crippen LogP contribution in [0.1, 0.15) is 62.6 Å². The molecule has 0 atom stereocenters. The molecule has 0 aromatic carbocycles. The largest absolute Gasteiger partial charge is 0.471 e. The van der Waals surface area contributed by atoms with Crippen LogP contribution in [0.4, 0.5) is 0 Å². The first kappa shape index (κ1) is 13.7. The zero-order chi connectivity index (χ0) is 12.5. The molecule has 4 heteroatoms. The average Bonchev–Trinajstić information content (AvgIpc) is 2.76. The number of hydrogen-bond donors (Lipinski definition) is 1. The van der Waals surface area contributed by atoms with Crippen molar-refractivity contribution in [3.05, 3.63) is 18.4 Å². The third-order valence-electron chi connectivity index (χ3n) is 2.87. The van der Waals surface area contributed by atoms with Crippen molar-refractivity contribution in [2.45, 2.75) is 58.4 Å². The van der Waals surface area contributed by atoms with Gasteiger partial charge in [0.15, 0.2) is 12.8 Å². The predicted octanol–water partition coefficient (Wildman–Crippen LogP) is 3.02. The van der Waals surface area contributed by atoms with E-state index < -0.39 is 5.97 Å². The highest BCUT2D eigenvalue weighted by molar-refractivity contribution is 5.80. The van der Waals surface area contributed by atoms with Gasteiger partial charge in [-0.25, -0.2) is 4.79 Å². The Balaban J connectivity index is 2.14. The summed E-state index contributed by atoms with van der Waals surface area (Å²) in [7, 11) is 0. The number of carbonyl (C=O) groups is 1. The van der Waals surface area contributed by atoms with Crippen LogP contribution in [-0.2, 0) is 6.54 Å². The van der Waals surface area contributed by atoms with E-state index in [1.54, 1.807) is 10.8 Å². The van der Waals surface area contributed by atoms with E-state index in [9.17, 15) is 4.79 Å². The predicted molar refractivity (Wildman–Crippen MR) is 63.9 cm³/mol. The minimum atomic E-state index is -1.00. The number of hydrogen-bond acceptors (Lipinski definition) is 2. The number of carboxylic acids is 1. The highest BCUT2D eigenvalue weighted by Crippen LogP contribution is 2.07. The lowest BCUT2D eigenvalue weighted by Gasteiger charge is -1.98. The average molecular weight is 240 g/mol. The zero-order valence-corrected chi connectivity index (χ0v) is 10.5. The smallest absolute Gasteiger partial charge is 0.461 e.